The lowest BCUT2D eigenvalue weighted by Crippen LogP contribution is -1.99. The van der Waals surface area contributed by atoms with Crippen molar-refractivity contribution in [3.63, 3.8) is 0 Å². The van der Waals surface area contributed by atoms with Gasteiger partial charge in [-0.2, -0.15) is 0 Å². The summed E-state index contributed by atoms with van der Waals surface area (Å²) in [5, 5.41) is 0. The summed E-state index contributed by atoms with van der Waals surface area (Å²) in [6.07, 6.45) is 0. The smallest absolute Gasteiger partial charge is 0.0752 e. The fraction of sp³-hybridized carbons (Fsp3) is 0.143. The monoisotopic (exact) mass is 369 g/mol. The maximum Gasteiger partial charge on any atom is 0.0752 e. The van der Waals surface area contributed by atoms with E-state index in [4.69, 9.17) is 10.5 Å². The average molecular weight is 371 g/mol. The molecule has 2 rings (SSSR count). The van der Waals surface area contributed by atoms with E-state index in [0.29, 0.717) is 13.2 Å². The Labute approximate surface area is 123 Å². The van der Waals surface area contributed by atoms with Crippen molar-refractivity contribution in [2.45, 2.75) is 13.2 Å². The summed E-state index contributed by atoms with van der Waals surface area (Å²) in [6, 6.07) is 13.8. The van der Waals surface area contributed by atoms with Crippen LogP contribution >= 0.6 is 31.9 Å². The molecule has 2 nitrogen and oxygen atoms in total. The summed E-state index contributed by atoms with van der Waals surface area (Å²) in [6.45, 7) is 1.08. The molecule has 0 radical (unpaired) electrons. The van der Waals surface area contributed by atoms with Crippen molar-refractivity contribution < 1.29 is 4.74 Å². The molecule has 0 fully saturated rings. The van der Waals surface area contributed by atoms with Gasteiger partial charge in [0.15, 0.2) is 0 Å². The topological polar surface area (TPSA) is 35.2 Å². The fourth-order valence-corrected chi connectivity index (χ4v) is 2.34. The Kier molecular flexibility index (Phi) is 4.80. The molecule has 0 unspecified atom stereocenters. The zero-order valence-corrected chi connectivity index (χ0v) is 12.9. The maximum absolute atomic E-state index is 5.90. The van der Waals surface area contributed by atoms with Crippen molar-refractivity contribution in [2.24, 2.45) is 0 Å². The van der Waals surface area contributed by atoms with Gasteiger partial charge in [0.25, 0.3) is 0 Å². The van der Waals surface area contributed by atoms with Gasteiger partial charge >= 0.3 is 0 Å². The van der Waals surface area contributed by atoms with Gasteiger partial charge < -0.3 is 10.5 Å². The van der Waals surface area contributed by atoms with Gasteiger partial charge in [-0.25, -0.2) is 0 Å². The van der Waals surface area contributed by atoms with Crippen LogP contribution in [0.4, 0.5) is 5.69 Å². The third kappa shape index (κ3) is 3.57. The predicted molar refractivity (Wildman–Crippen MR) is 81.2 cm³/mol. The van der Waals surface area contributed by atoms with Crippen LogP contribution in [0.5, 0.6) is 0 Å². The Bertz CT molecular complexity index is 506. The first-order valence-corrected chi connectivity index (χ1v) is 7.10. The number of anilines is 1. The van der Waals surface area contributed by atoms with Gasteiger partial charge in [0.1, 0.15) is 0 Å². The fourth-order valence-electron chi connectivity index (χ4n) is 1.58. The van der Waals surface area contributed by atoms with Gasteiger partial charge in [-0.05, 0) is 29.8 Å². The zero-order chi connectivity index (χ0) is 13.0. The van der Waals surface area contributed by atoms with Crippen molar-refractivity contribution >= 4 is 37.5 Å². The molecule has 2 N–H and O–H groups in total. The first kappa shape index (κ1) is 13.6. The molecule has 0 aromatic heterocycles. The minimum absolute atomic E-state index is 0.503. The second-order valence-corrected chi connectivity index (χ2v) is 5.70. The predicted octanol–water partition coefficient (Wildman–Crippen LogP) is 4.51. The highest BCUT2D eigenvalue weighted by Gasteiger charge is 2.04. The van der Waals surface area contributed by atoms with Crippen LogP contribution in [0, 0.1) is 0 Å². The van der Waals surface area contributed by atoms with Crippen molar-refractivity contribution in [1.29, 1.82) is 0 Å². The highest BCUT2D eigenvalue weighted by molar-refractivity contribution is 9.10. The van der Waals surface area contributed by atoms with Crippen LogP contribution in [0.1, 0.15) is 11.1 Å². The number of benzene rings is 2. The molecule has 0 spiro atoms. The first-order chi connectivity index (χ1) is 8.66. The Balaban J connectivity index is 1.94. The molecular formula is C14H13Br2NO. The number of hydrogen-bond donors (Lipinski definition) is 1. The highest BCUT2D eigenvalue weighted by atomic mass is 79.9. The van der Waals surface area contributed by atoms with E-state index in [0.717, 1.165) is 25.8 Å². The third-order valence-corrected chi connectivity index (χ3v) is 3.86. The SMILES string of the molecule is Nc1cccc(Br)c1COCc1ccc(Br)cc1. The van der Waals surface area contributed by atoms with E-state index < -0.39 is 0 Å². The molecule has 2 aromatic carbocycles. The summed E-state index contributed by atoms with van der Waals surface area (Å²) in [5.74, 6) is 0. The molecule has 0 aliphatic carbocycles. The molecule has 0 bridgehead atoms. The molecule has 0 amide bonds. The number of nitrogen functional groups attached to an aromatic ring is 1. The minimum Gasteiger partial charge on any atom is -0.398 e. The first-order valence-electron chi connectivity index (χ1n) is 5.52. The normalized spacial score (nSPS) is 10.6. The van der Waals surface area contributed by atoms with Crippen molar-refractivity contribution in [2.75, 3.05) is 5.73 Å². The number of hydrogen-bond acceptors (Lipinski definition) is 2. The summed E-state index contributed by atoms with van der Waals surface area (Å²) in [7, 11) is 0. The molecule has 94 valence electrons. The molecule has 0 heterocycles. The molecule has 18 heavy (non-hydrogen) atoms. The second kappa shape index (κ2) is 6.36. The summed E-state index contributed by atoms with van der Waals surface area (Å²) < 4.78 is 7.74. The Hall–Kier alpha value is -0.840. The summed E-state index contributed by atoms with van der Waals surface area (Å²) >= 11 is 6.88. The Morgan fingerprint density at radius 2 is 1.67 bits per heavy atom. The molecule has 0 aliphatic heterocycles. The van der Waals surface area contributed by atoms with E-state index in [1.165, 1.54) is 0 Å². The molecule has 0 atom stereocenters. The number of rotatable bonds is 4. The maximum atomic E-state index is 5.90. The van der Waals surface area contributed by atoms with Crippen LogP contribution in [0.25, 0.3) is 0 Å². The van der Waals surface area contributed by atoms with Crippen molar-refractivity contribution in [3.8, 4) is 0 Å². The summed E-state index contributed by atoms with van der Waals surface area (Å²) in [4.78, 5) is 0. The van der Waals surface area contributed by atoms with E-state index in [1.807, 2.05) is 42.5 Å². The lowest BCUT2D eigenvalue weighted by molar-refractivity contribution is 0.107. The Morgan fingerprint density at radius 3 is 2.33 bits per heavy atom. The second-order valence-electron chi connectivity index (χ2n) is 3.93. The summed E-state index contributed by atoms with van der Waals surface area (Å²) in [5.41, 5.74) is 8.79. The van der Waals surface area contributed by atoms with Gasteiger partial charge in [0, 0.05) is 20.2 Å². The van der Waals surface area contributed by atoms with Crippen LogP contribution < -0.4 is 5.73 Å². The van der Waals surface area contributed by atoms with Crippen LogP contribution in [0.3, 0.4) is 0 Å². The van der Waals surface area contributed by atoms with E-state index in [-0.39, 0.29) is 0 Å². The molecular weight excluding hydrogens is 358 g/mol. The van der Waals surface area contributed by atoms with Gasteiger partial charge in [-0.3, -0.25) is 0 Å². The van der Waals surface area contributed by atoms with E-state index in [9.17, 15) is 0 Å². The number of ether oxygens (including phenoxy) is 1. The lowest BCUT2D eigenvalue weighted by Gasteiger charge is -2.09. The van der Waals surface area contributed by atoms with Crippen molar-refractivity contribution in [1.82, 2.24) is 0 Å². The van der Waals surface area contributed by atoms with Gasteiger partial charge in [-0.15, -0.1) is 0 Å². The minimum atomic E-state index is 0.503. The van der Waals surface area contributed by atoms with E-state index in [2.05, 4.69) is 31.9 Å². The van der Waals surface area contributed by atoms with Crippen LogP contribution in [0.2, 0.25) is 0 Å². The van der Waals surface area contributed by atoms with Crippen molar-refractivity contribution in [3.05, 3.63) is 62.5 Å². The quantitative estimate of drug-likeness (QED) is 0.803. The molecule has 0 saturated heterocycles. The van der Waals surface area contributed by atoms with E-state index >= 15 is 0 Å². The molecule has 0 saturated carbocycles. The van der Waals surface area contributed by atoms with E-state index in [1.54, 1.807) is 0 Å². The third-order valence-electron chi connectivity index (χ3n) is 2.58. The zero-order valence-electron chi connectivity index (χ0n) is 9.70. The standard InChI is InChI=1S/C14H13Br2NO/c15-11-6-4-10(5-7-11)8-18-9-12-13(16)2-1-3-14(12)17/h1-7H,8-9,17H2. The average Bonchev–Trinajstić information content (AvgIpc) is 2.35. The van der Waals surface area contributed by atoms with Gasteiger partial charge in [-0.1, -0.05) is 50.1 Å². The number of nitrogens with two attached hydrogens (primary N) is 1. The van der Waals surface area contributed by atoms with Crippen LogP contribution in [-0.2, 0) is 18.0 Å². The molecule has 2 aromatic rings. The largest absolute Gasteiger partial charge is 0.398 e. The number of halogens is 2. The van der Waals surface area contributed by atoms with Gasteiger partial charge in [0.2, 0.25) is 0 Å². The van der Waals surface area contributed by atoms with Crippen LogP contribution in [0.15, 0.2) is 51.4 Å². The molecule has 4 heteroatoms. The Morgan fingerprint density at radius 1 is 0.944 bits per heavy atom. The molecule has 0 aliphatic rings. The highest BCUT2D eigenvalue weighted by Crippen LogP contribution is 2.23. The van der Waals surface area contributed by atoms with Gasteiger partial charge in [0.05, 0.1) is 13.2 Å². The lowest BCUT2D eigenvalue weighted by atomic mass is 10.2. The van der Waals surface area contributed by atoms with Crippen LogP contribution in [-0.4, -0.2) is 0 Å².